The van der Waals surface area contributed by atoms with Crippen molar-refractivity contribution in [3.8, 4) is 0 Å². The fourth-order valence-corrected chi connectivity index (χ4v) is 3.06. The average Bonchev–Trinajstić information content (AvgIpc) is 2.48. The fraction of sp³-hybridized carbons (Fsp3) is 0.0625. The second-order valence-electron chi connectivity index (χ2n) is 4.75. The number of carboxylic acid groups (broad SMARTS) is 1. The van der Waals surface area contributed by atoms with Gasteiger partial charge in [-0.15, -0.1) is 0 Å². The molecule has 0 aliphatic rings. The zero-order valence-electron chi connectivity index (χ0n) is 12.2. The van der Waals surface area contributed by atoms with Gasteiger partial charge in [0.05, 0.1) is 16.7 Å². The van der Waals surface area contributed by atoms with Crippen LogP contribution in [0.1, 0.15) is 21.5 Å². The predicted molar refractivity (Wildman–Crippen MR) is 91.2 cm³/mol. The van der Waals surface area contributed by atoms with E-state index >= 15 is 0 Å². The number of rotatable bonds is 5. The molecule has 0 atom stereocenters. The first kappa shape index (κ1) is 17.1. The molecule has 0 aliphatic carbocycles. The largest absolute Gasteiger partial charge is 0.478 e. The van der Waals surface area contributed by atoms with Crippen LogP contribution in [0.2, 0.25) is 5.02 Å². The van der Waals surface area contributed by atoms with Crippen LogP contribution in [0.5, 0.6) is 0 Å². The molecule has 0 bridgehead atoms. The Hall–Kier alpha value is -2.31. The van der Waals surface area contributed by atoms with E-state index < -0.39 is 16.0 Å². The average molecular weight is 352 g/mol. The Kier molecular flexibility index (Phi) is 5.08. The van der Waals surface area contributed by atoms with Crippen LogP contribution < -0.4 is 4.72 Å². The van der Waals surface area contributed by atoms with Gasteiger partial charge in [0, 0.05) is 5.02 Å². The molecule has 5 nitrogen and oxygen atoms in total. The highest BCUT2D eigenvalue weighted by Crippen LogP contribution is 2.21. The molecule has 0 aromatic heterocycles. The number of nitrogens with one attached hydrogen (secondary N) is 1. The van der Waals surface area contributed by atoms with Crippen molar-refractivity contribution in [3.05, 3.63) is 69.6 Å². The van der Waals surface area contributed by atoms with Crippen molar-refractivity contribution >= 4 is 39.4 Å². The molecule has 7 heteroatoms. The molecule has 0 fully saturated rings. The van der Waals surface area contributed by atoms with E-state index in [1.165, 1.54) is 24.3 Å². The van der Waals surface area contributed by atoms with Crippen molar-refractivity contribution < 1.29 is 18.3 Å². The maximum atomic E-state index is 12.1. The molecule has 0 amide bonds. The van der Waals surface area contributed by atoms with Crippen molar-refractivity contribution in [2.45, 2.75) is 6.92 Å². The topological polar surface area (TPSA) is 83.5 Å². The molecule has 0 spiro atoms. The van der Waals surface area contributed by atoms with E-state index in [4.69, 9.17) is 16.7 Å². The summed E-state index contributed by atoms with van der Waals surface area (Å²) in [6.45, 7) is 1.54. The summed E-state index contributed by atoms with van der Waals surface area (Å²) >= 11 is 5.96. The van der Waals surface area contributed by atoms with E-state index in [1.807, 2.05) is 0 Å². The van der Waals surface area contributed by atoms with Crippen LogP contribution in [0, 0.1) is 6.92 Å². The highest BCUT2D eigenvalue weighted by Gasteiger charge is 2.13. The lowest BCUT2D eigenvalue weighted by Gasteiger charge is -2.10. The standard InChI is InChI=1S/C16H14ClNO4S/c1-11-13(16(19)20)6-4-8-15(11)18-23(21,22)10-9-12-5-2-3-7-14(12)17/h2-10,18H,1H3,(H,19,20)/b10-9+. The monoisotopic (exact) mass is 351 g/mol. The summed E-state index contributed by atoms with van der Waals surface area (Å²) in [5.74, 6) is -1.12. The number of halogens is 1. The van der Waals surface area contributed by atoms with Crippen LogP contribution in [0.15, 0.2) is 47.9 Å². The van der Waals surface area contributed by atoms with Gasteiger partial charge in [-0.05, 0) is 42.3 Å². The lowest BCUT2D eigenvalue weighted by molar-refractivity contribution is 0.0696. The number of carboxylic acids is 1. The number of aromatic carboxylic acids is 1. The number of hydrogen-bond acceptors (Lipinski definition) is 3. The molecular weight excluding hydrogens is 338 g/mol. The lowest BCUT2D eigenvalue weighted by Crippen LogP contribution is -2.11. The van der Waals surface area contributed by atoms with E-state index in [9.17, 15) is 13.2 Å². The predicted octanol–water partition coefficient (Wildman–Crippen LogP) is 3.76. The van der Waals surface area contributed by atoms with Crippen LogP contribution >= 0.6 is 11.6 Å². The highest BCUT2D eigenvalue weighted by molar-refractivity contribution is 7.95. The molecule has 0 saturated carbocycles. The number of hydrogen-bond donors (Lipinski definition) is 2. The van der Waals surface area contributed by atoms with Crippen LogP contribution in [0.3, 0.4) is 0 Å². The number of anilines is 1. The van der Waals surface area contributed by atoms with Gasteiger partial charge in [-0.3, -0.25) is 4.72 Å². The molecule has 2 aromatic carbocycles. The summed E-state index contributed by atoms with van der Waals surface area (Å²) in [5, 5.41) is 10.5. The summed E-state index contributed by atoms with van der Waals surface area (Å²) in [6, 6.07) is 11.2. The quantitative estimate of drug-likeness (QED) is 0.859. The summed E-state index contributed by atoms with van der Waals surface area (Å²) < 4.78 is 26.6. The molecule has 2 N–H and O–H groups in total. The molecule has 2 aromatic rings. The molecule has 0 unspecified atom stereocenters. The van der Waals surface area contributed by atoms with Gasteiger partial charge >= 0.3 is 5.97 Å². The normalized spacial score (nSPS) is 11.6. The molecule has 120 valence electrons. The van der Waals surface area contributed by atoms with Gasteiger partial charge < -0.3 is 5.11 Å². The van der Waals surface area contributed by atoms with Gasteiger partial charge in [0.25, 0.3) is 10.0 Å². The van der Waals surface area contributed by atoms with E-state index in [2.05, 4.69) is 4.72 Å². The highest BCUT2D eigenvalue weighted by atomic mass is 35.5. The number of carbonyl (C=O) groups is 1. The van der Waals surface area contributed by atoms with Crippen LogP contribution in [-0.2, 0) is 10.0 Å². The van der Waals surface area contributed by atoms with Gasteiger partial charge in [0.1, 0.15) is 0 Å². The summed E-state index contributed by atoms with van der Waals surface area (Å²) in [4.78, 5) is 11.1. The zero-order valence-corrected chi connectivity index (χ0v) is 13.7. The smallest absolute Gasteiger partial charge is 0.336 e. The Labute approximate surface area is 139 Å². The minimum absolute atomic E-state index is 0.0419. The van der Waals surface area contributed by atoms with Crippen molar-refractivity contribution in [1.29, 1.82) is 0 Å². The first-order chi connectivity index (χ1) is 10.8. The van der Waals surface area contributed by atoms with Crippen LogP contribution in [-0.4, -0.2) is 19.5 Å². The van der Waals surface area contributed by atoms with Crippen LogP contribution in [0.4, 0.5) is 5.69 Å². The third kappa shape index (κ3) is 4.34. The minimum atomic E-state index is -3.80. The van der Waals surface area contributed by atoms with Gasteiger partial charge in [0.2, 0.25) is 0 Å². The van der Waals surface area contributed by atoms with Crippen molar-refractivity contribution in [3.63, 3.8) is 0 Å². The molecule has 0 aliphatic heterocycles. The third-order valence-electron chi connectivity index (χ3n) is 3.15. The summed E-state index contributed by atoms with van der Waals surface area (Å²) in [5.41, 5.74) is 1.17. The number of benzene rings is 2. The van der Waals surface area contributed by atoms with E-state index in [0.717, 1.165) is 5.41 Å². The van der Waals surface area contributed by atoms with Gasteiger partial charge in [-0.25, -0.2) is 13.2 Å². The van der Waals surface area contributed by atoms with Gasteiger partial charge in [-0.2, -0.15) is 0 Å². The maximum Gasteiger partial charge on any atom is 0.336 e. The summed E-state index contributed by atoms with van der Waals surface area (Å²) in [6.07, 6.45) is 1.38. The fourth-order valence-electron chi connectivity index (χ4n) is 1.94. The molecule has 2 rings (SSSR count). The molecule has 23 heavy (non-hydrogen) atoms. The minimum Gasteiger partial charge on any atom is -0.478 e. The second kappa shape index (κ2) is 6.85. The molecular formula is C16H14ClNO4S. The van der Waals surface area contributed by atoms with E-state index in [-0.39, 0.29) is 11.3 Å². The lowest BCUT2D eigenvalue weighted by atomic mass is 10.1. The van der Waals surface area contributed by atoms with Crippen molar-refractivity contribution in [2.24, 2.45) is 0 Å². The third-order valence-corrected chi connectivity index (χ3v) is 4.49. The first-order valence-corrected chi connectivity index (χ1v) is 8.51. The molecule has 0 heterocycles. The molecule has 0 saturated heterocycles. The van der Waals surface area contributed by atoms with Crippen molar-refractivity contribution in [1.82, 2.24) is 0 Å². The van der Waals surface area contributed by atoms with Crippen LogP contribution in [0.25, 0.3) is 6.08 Å². The zero-order chi connectivity index (χ0) is 17.0. The van der Waals surface area contributed by atoms with Gasteiger partial charge in [-0.1, -0.05) is 35.9 Å². The van der Waals surface area contributed by atoms with Gasteiger partial charge in [0.15, 0.2) is 0 Å². The summed E-state index contributed by atoms with van der Waals surface area (Å²) in [7, 11) is -3.80. The van der Waals surface area contributed by atoms with Crippen molar-refractivity contribution in [2.75, 3.05) is 4.72 Å². The maximum absolute atomic E-state index is 12.1. The number of sulfonamides is 1. The Morgan fingerprint density at radius 1 is 1.17 bits per heavy atom. The Balaban J connectivity index is 2.27. The Morgan fingerprint density at radius 3 is 2.52 bits per heavy atom. The Bertz CT molecular complexity index is 875. The van der Waals surface area contributed by atoms with E-state index in [1.54, 1.807) is 31.2 Å². The first-order valence-electron chi connectivity index (χ1n) is 6.58. The SMILES string of the molecule is Cc1c(NS(=O)(=O)/C=C/c2ccccc2Cl)cccc1C(=O)O. The van der Waals surface area contributed by atoms with E-state index in [0.29, 0.717) is 16.1 Å². The Morgan fingerprint density at radius 2 is 1.87 bits per heavy atom. The molecule has 0 radical (unpaired) electrons. The second-order valence-corrected chi connectivity index (χ2v) is 6.73.